The number of hydrogen-bond acceptors (Lipinski definition) is 2. The first-order valence-corrected chi connectivity index (χ1v) is 5.51. The second-order valence-electron chi connectivity index (χ2n) is 3.82. The molecule has 18 heavy (non-hydrogen) atoms. The summed E-state index contributed by atoms with van der Waals surface area (Å²) in [5, 5.41) is 3.02. The van der Waals surface area contributed by atoms with E-state index in [1.165, 1.54) is 6.07 Å². The lowest BCUT2D eigenvalue weighted by atomic mass is 10.2. The summed E-state index contributed by atoms with van der Waals surface area (Å²) in [7, 11) is 1.57. The summed E-state index contributed by atoms with van der Waals surface area (Å²) in [4.78, 5) is 0. The van der Waals surface area contributed by atoms with E-state index in [-0.39, 0.29) is 12.1 Å². The van der Waals surface area contributed by atoms with Gasteiger partial charge in [0.15, 0.2) is 0 Å². The van der Waals surface area contributed by atoms with Crippen molar-refractivity contribution in [2.24, 2.45) is 0 Å². The van der Waals surface area contributed by atoms with Crippen LogP contribution in [0.5, 0.6) is 5.75 Å². The normalized spacial score (nSPS) is 10.2. The van der Waals surface area contributed by atoms with Crippen molar-refractivity contribution >= 4 is 5.69 Å². The Hall–Kier alpha value is -2.10. The Bertz CT molecular complexity index is 543. The molecular weight excluding hydrogens is 236 g/mol. The van der Waals surface area contributed by atoms with Crippen molar-refractivity contribution in [2.45, 2.75) is 6.54 Å². The van der Waals surface area contributed by atoms with Crippen LogP contribution in [-0.2, 0) is 6.54 Å². The fourth-order valence-corrected chi connectivity index (χ4v) is 1.61. The average molecular weight is 249 g/mol. The van der Waals surface area contributed by atoms with Crippen LogP contribution in [0, 0.1) is 11.6 Å². The fraction of sp³-hybridized carbons (Fsp3) is 0.143. The maximum atomic E-state index is 13.4. The van der Waals surface area contributed by atoms with Crippen molar-refractivity contribution < 1.29 is 13.5 Å². The number of rotatable bonds is 4. The van der Waals surface area contributed by atoms with Crippen molar-refractivity contribution in [3.05, 3.63) is 59.7 Å². The zero-order chi connectivity index (χ0) is 13.0. The van der Waals surface area contributed by atoms with Crippen molar-refractivity contribution in [3.8, 4) is 5.75 Å². The number of methoxy groups -OCH3 is 1. The van der Waals surface area contributed by atoms with Crippen LogP contribution in [0.2, 0.25) is 0 Å². The predicted octanol–water partition coefficient (Wildman–Crippen LogP) is 3.59. The summed E-state index contributed by atoms with van der Waals surface area (Å²) in [6.07, 6.45) is 0. The Morgan fingerprint density at radius 3 is 2.72 bits per heavy atom. The molecule has 2 nitrogen and oxygen atoms in total. The van der Waals surface area contributed by atoms with Gasteiger partial charge in [-0.3, -0.25) is 0 Å². The lowest BCUT2D eigenvalue weighted by Gasteiger charge is -2.09. The quantitative estimate of drug-likeness (QED) is 0.894. The van der Waals surface area contributed by atoms with Gasteiger partial charge in [0.2, 0.25) is 0 Å². The molecule has 0 aromatic heterocycles. The zero-order valence-electron chi connectivity index (χ0n) is 9.91. The monoisotopic (exact) mass is 249 g/mol. The van der Waals surface area contributed by atoms with Gasteiger partial charge in [-0.1, -0.05) is 6.07 Å². The highest BCUT2D eigenvalue weighted by molar-refractivity contribution is 5.48. The van der Waals surface area contributed by atoms with E-state index in [2.05, 4.69) is 5.32 Å². The van der Waals surface area contributed by atoms with E-state index in [0.717, 1.165) is 17.8 Å². The zero-order valence-corrected chi connectivity index (χ0v) is 9.91. The summed E-state index contributed by atoms with van der Waals surface area (Å²) < 4.78 is 31.4. The van der Waals surface area contributed by atoms with Crippen molar-refractivity contribution in [1.29, 1.82) is 0 Å². The van der Waals surface area contributed by atoms with E-state index < -0.39 is 11.6 Å². The molecular formula is C14H13F2NO. The van der Waals surface area contributed by atoms with Crippen LogP contribution in [0.4, 0.5) is 14.5 Å². The van der Waals surface area contributed by atoms with Crippen molar-refractivity contribution in [1.82, 2.24) is 0 Å². The van der Waals surface area contributed by atoms with Crippen LogP contribution in [0.15, 0.2) is 42.5 Å². The van der Waals surface area contributed by atoms with Gasteiger partial charge in [0, 0.05) is 23.9 Å². The molecule has 0 aliphatic carbocycles. The summed E-state index contributed by atoms with van der Waals surface area (Å²) in [5.74, 6) is -0.162. The van der Waals surface area contributed by atoms with E-state index in [1.54, 1.807) is 13.2 Å². The Balaban J connectivity index is 2.08. The van der Waals surface area contributed by atoms with Crippen LogP contribution in [-0.4, -0.2) is 7.11 Å². The standard InChI is InChI=1S/C14H13F2NO/c1-18-13-4-2-3-12(8-13)17-9-10-7-11(15)5-6-14(10)16/h2-8,17H,9H2,1H3. The molecule has 0 saturated carbocycles. The van der Waals surface area contributed by atoms with Gasteiger partial charge in [-0.05, 0) is 30.3 Å². The maximum absolute atomic E-state index is 13.4. The Labute approximate surface area is 104 Å². The molecule has 0 amide bonds. The molecule has 0 heterocycles. The number of hydrogen-bond donors (Lipinski definition) is 1. The van der Waals surface area contributed by atoms with Crippen LogP contribution < -0.4 is 10.1 Å². The molecule has 2 rings (SSSR count). The second kappa shape index (κ2) is 5.49. The van der Waals surface area contributed by atoms with Crippen LogP contribution in [0.25, 0.3) is 0 Å². The number of ether oxygens (including phenoxy) is 1. The van der Waals surface area contributed by atoms with E-state index in [4.69, 9.17) is 4.74 Å². The predicted molar refractivity (Wildman–Crippen MR) is 66.7 cm³/mol. The van der Waals surface area contributed by atoms with Gasteiger partial charge < -0.3 is 10.1 Å². The molecule has 0 fully saturated rings. The molecule has 0 aliphatic heterocycles. The molecule has 0 spiro atoms. The highest BCUT2D eigenvalue weighted by Crippen LogP contribution is 2.18. The summed E-state index contributed by atoms with van der Waals surface area (Å²) in [6, 6.07) is 10.7. The third kappa shape index (κ3) is 2.97. The molecule has 0 aliphatic rings. The smallest absolute Gasteiger partial charge is 0.128 e. The van der Waals surface area contributed by atoms with E-state index in [0.29, 0.717) is 5.75 Å². The number of nitrogens with one attached hydrogen (secondary N) is 1. The first-order chi connectivity index (χ1) is 8.69. The second-order valence-corrected chi connectivity index (χ2v) is 3.82. The summed E-state index contributed by atoms with van der Waals surface area (Å²) in [6.45, 7) is 0.219. The summed E-state index contributed by atoms with van der Waals surface area (Å²) in [5.41, 5.74) is 1.08. The Morgan fingerprint density at radius 1 is 1.11 bits per heavy atom. The highest BCUT2D eigenvalue weighted by atomic mass is 19.1. The summed E-state index contributed by atoms with van der Waals surface area (Å²) >= 11 is 0. The lowest BCUT2D eigenvalue weighted by molar-refractivity contribution is 0.415. The van der Waals surface area contributed by atoms with Gasteiger partial charge in [0.1, 0.15) is 17.4 Å². The third-order valence-corrected chi connectivity index (χ3v) is 2.56. The molecule has 0 radical (unpaired) electrons. The molecule has 2 aromatic rings. The first-order valence-electron chi connectivity index (χ1n) is 5.51. The number of benzene rings is 2. The lowest BCUT2D eigenvalue weighted by Crippen LogP contribution is -2.02. The molecule has 2 aromatic carbocycles. The molecule has 0 bridgehead atoms. The minimum absolute atomic E-state index is 0.219. The van der Waals surface area contributed by atoms with Gasteiger partial charge in [0.05, 0.1) is 7.11 Å². The topological polar surface area (TPSA) is 21.3 Å². The molecule has 0 unspecified atom stereocenters. The largest absolute Gasteiger partial charge is 0.497 e. The van der Waals surface area contributed by atoms with Gasteiger partial charge in [-0.15, -0.1) is 0 Å². The van der Waals surface area contributed by atoms with Gasteiger partial charge in [0.25, 0.3) is 0 Å². The Kier molecular flexibility index (Phi) is 3.77. The third-order valence-electron chi connectivity index (χ3n) is 2.56. The van der Waals surface area contributed by atoms with Crippen LogP contribution in [0.3, 0.4) is 0 Å². The Morgan fingerprint density at radius 2 is 1.94 bits per heavy atom. The minimum Gasteiger partial charge on any atom is -0.497 e. The molecule has 4 heteroatoms. The molecule has 0 atom stereocenters. The average Bonchev–Trinajstić information content (AvgIpc) is 2.40. The van der Waals surface area contributed by atoms with Gasteiger partial charge in [-0.25, -0.2) is 8.78 Å². The maximum Gasteiger partial charge on any atom is 0.128 e. The fourth-order valence-electron chi connectivity index (χ4n) is 1.61. The number of halogens is 2. The van der Waals surface area contributed by atoms with Crippen LogP contribution >= 0.6 is 0 Å². The van der Waals surface area contributed by atoms with E-state index in [9.17, 15) is 8.78 Å². The molecule has 0 saturated heterocycles. The molecule has 94 valence electrons. The van der Waals surface area contributed by atoms with E-state index in [1.807, 2.05) is 18.2 Å². The van der Waals surface area contributed by atoms with Crippen LogP contribution in [0.1, 0.15) is 5.56 Å². The van der Waals surface area contributed by atoms with Gasteiger partial charge >= 0.3 is 0 Å². The van der Waals surface area contributed by atoms with E-state index >= 15 is 0 Å². The van der Waals surface area contributed by atoms with Gasteiger partial charge in [-0.2, -0.15) is 0 Å². The minimum atomic E-state index is -0.446. The highest BCUT2D eigenvalue weighted by Gasteiger charge is 2.03. The first kappa shape index (κ1) is 12.4. The SMILES string of the molecule is COc1cccc(NCc2cc(F)ccc2F)c1. The number of anilines is 1. The van der Waals surface area contributed by atoms with Crippen molar-refractivity contribution in [2.75, 3.05) is 12.4 Å². The van der Waals surface area contributed by atoms with Crippen molar-refractivity contribution in [3.63, 3.8) is 0 Å². The molecule has 1 N–H and O–H groups in total.